The molecule has 6 heteroatoms. The van der Waals surface area contributed by atoms with Gasteiger partial charge in [0.1, 0.15) is 0 Å². The lowest BCUT2D eigenvalue weighted by atomic mass is 10.2. The van der Waals surface area contributed by atoms with Gasteiger partial charge >= 0.3 is 5.97 Å². The van der Waals surface area contributed by atoms with Gasteiger partial charge in [0.25, 0.3) is 5.91 Å². The molecule has 0 aliphatic carbocycles. The second-order valence-electron chi connectivity index (χ2n) is 3.08. The minimum atomic E-state index is -2.14. The van der Waals surface area contributed by atoms with Crippen LogP contribution >= 0.6 is 0 Å². The van der Waals surface area contributed by atoms with E-state index < -0.39 is 24.1 Å². The summed E-state index contributed by atoms with van der Waals surface area (Å²) in [6.45, 7) is 0. The van der Waals surface area contributed by atoms with Crippen molar-refractivity contribution in [2.45, 2.75) is 12.2 Å². The minimum Gasteiger partial charge on any atom is -0.479 e. The number of carboxylic acid groups (broad SMARTS) is 1. The zero-order valence-electron chi connectivity index (χ0n) is 8.20. The number of hydrogen-bond donors (Lipinski definition) is 4. The van der Waals surface area contributed by atoms with Gasteiger partial charge in [-0.25, -0.2) is 4.79 Å². The maximum absolute atomic E-state index is 11.3. The van der Waals surface area contributed by atoms with E-state index in [4.69, 9.17) is 10.2 Å². The third-order valence-electron chi connectivity index (χ3n) is 1.86. The van der Waals surface area contributed by atoms with Gasteiger partial charge in [-0.3, -0.25) is 4.79 Å². The molecule has 0 aliphatic heterocycles. The molecule has 2 atom stereocenters. The Morgan fingerprint density at radius 2 is 1.62 bits per heavy atom. The van der Waals surface area contributed by atoms with Crippen molar-refractivity contribution in [3.8, 4) is 0 Å². The number of para-hydroxylation sites is 1. The molecule has 0 saturated carbocycles. The van der Waals surface area contributed by atoms with Crippen LogP contribution in [0.15, 0.2) is 30.3 Å². The third kappa shape index (κ3) is 3.04. The average Bonchev–Trinajstić information content (AvgIpc) is 2.28. The lowest BCUT2D eigenvalue weighted by Gasteiger charge is -2.13. The zero-order valence-corrected chi connectivity index (χ0v) is 8.20. The molecule has 0 radical (unpaired) electrons. The van der Waals surface area contributed by atoms with Crippen LogP contribution in [0, 0.1) is 0 Å². The van der Waals surface area contributed by atoms with Crippen molar-refractivity contribution in [1.29, 1.82) is 0 Å². The molecule has 86 valence electrons. The summed E-state index contributed by atoms with van der Waals surface area (Å²) >= 11 is 0. The van der Waals surface area contributed by atoms with Crippen LogP contribution in [-0.2, 0) is 9.59 Å². The number of aliphatic hydroxyl groups excluding tert-OH is 2. The first kappa shape index (κ1) is 12.2. The quantitative estimate of drug-likeness (QED) is 0.549. The topological polar surface area (TPSA) is 107 Å². The van der Waals surface area contributed by atoms with Crippen LogP contribution in [0.2, 0.25) is 0 Å². The molecular weight excluding hydrogens is 214 g/mol. The second kappa shape index (κ2) is 5.24. The second-order valence-corrected chi connectivity index (χ2v) is 3.08. The van der Waals surface area contributed by atoms with Crippen molar-refractivity contribution in [3.63, 3.8) is 0 Å². The smallest absolute Gasteiger partial charge is 0.335 e. The van der Waals surface area contributed by atoms with Crippen molar-refractivity contribution in [2.75, 3.05) is 5.32 Å². The Balaban J connectivity index is 2.63. The predicted molar refractivity (Wildman–Crippen MR) is 54.7 cm³/mol. The van der Waals surface area contributed by atoms with Gasteiger partial charge in [0.15, 0.2) is 12.2 Å². The molecule has 0 aromatic heterocycles. The van der Waals surface area contributed by atoms with E-state index in [1.54, 1.807) is 30.3 Å². The number of benzene rings is 1. The molecule has 16 heavy (non-hydrogen) atoms. The van der Waals surface area contributed by atoms with Gasteiger partial charge in [-0.1, -0.05) is 18.2 Å². The normalized spacial score (nSPS) is 13.9. The summed E-state index contributed by atoms with van der Waals surface area (Å²) in [6.07, 6.45) is -4.14. The standard InChI is InChI=1S/C10H11NO5/c12-7(8(13)10(15)16)9(14)11-6-4-2-1-3-5-6/h1-5,7-8,12-13H,(H,11,14)(H,15,16)/t7?,8-/m0/s1. The number of anilines is 1. The van der Waals surface area contributed by atoms with Crippen LogP contribution in [0.5, 0.6) is 0 Å². The fourth-order valence-corrected chi connectivity index (χ4v) is 1.02. The van der Waals surface area contributed by atoms with Gasteiger partial charge in [-0.15, -0.1) is 0 Å². The highest BCUT2D eigenvalue weighted by atomic mass is 16.4. The Morgan fingerprint density at radius 3 is 2.12 bits per heavy atom. The predicted octanol–water partition coefficient (Wildman–Crippen LogP) is -0.569. The molecule has 4 N–H and O–H groups in total. The highest BCUT2D eigenvalue weighted by molar-refractivity contribution is 5.97. The van der Waals surface area contributed by atoms with Crippen LogP contribution in [-0.4, -0.2) is 39.4 Å². The molecule has 1 amide bonds. The number of amides is 1. The number of aliphatic carboxylic acids is 1. The number of nitrogens with one attached hydrogen (secondary N) is 1. The number of rotatable bonds is 4. The van der Waals surface area contributed by atoms with Crippen LogP contribution in [0.1, 0.15) is 0 Å². The van der Waals surface area contributed by atoms with Crippen molar-refractivity contribution < 1.29 is 24.9 Å². The molecule has 6 nitrogen and oxygen atoms in total. The maximum atomic E-state index is 11.3. The van der Waals surface area contributed by atoms with Gasteiger partial charge in [0, 0.05) is 5.69 Å². The van der Waals surface area contributed by atoms with Crippen molar-refractivity contribution in [1.82, 2.24) is 0 Å². The summed E-state index contributed by atoms with van der Waals surface area (Å²) < 4.78 is 0. The molecule has 0 fully saturated rings. The minimum absolute atomic E-state index is 0.407. The Labute approximate surface area is 91.1 Å². The lowest BCUT2D eigenvalue weighted by molar-refractivity contribution is -0.156. The first-order valence-corrected chi connectivity index (χ1v) is 4.47. The maximum Gasteiger partial charge on any atom is 0.335 e. The molecule has 0 saturated heterocycles. The van der Waals surface area contributed by atoms with Gasteiger partial charge in [-0.05, 0) is 12.1 Å². The zero-order chi connectivity index (χ0) is 12.1. The average molecular weight is 225 g/mol. The molecule has 0 heterocycles. The van der Waals surface area contributed by atoms with Crippen LogP contribution in [0.4, 0.5) is 5.69 Å². The molecule has 0 aliphatic rings. The Bertz CT molecular complexity index is 378. The number of carbonyl (C=O) groups is 2. The summed E-state index contributed by atoms with van der Waals surface area (Å²) in [7, 11) is 0. The van der Waals surface area contributed by atoms with E-state index in [1.165, 1.54) is 0 Å². The van der Waals surface area contributed by atoms with Gasteiger partial charge in [0.05, 0.1) is 0 Å². The number of aliphatic hydroxyl groups is 2. The fourth-order valence-electron chi connectivity index (χ4n) is 1.02. The summed E-state index contributed by atoms with van der Waals surface area (Å²) in [6, 6.07) is 8.19. The van der Waals surface area contributed by atoms with Gasteiger partial charge < -0.3 is 20.6 Å². The molecular formula is C10H11NO5. The first-order valence-electron chi connectivity index (χ1n) is 4.47. The number of carboxylic acids is 1. The summed E-state index contributed by atoms with van der Waals surface area (Å²) in [5, 5.41) is 28.8. The fraction of sp³-hybridized carbons (Fsp3) is 0.200. The summed E-state index contributed by atoms with van der Waals surface area (Å²) in [5.41, 5.74) is 0.407. The molecule has 1 aromatic rings. The third-order valence-corrected chi connectivity index (χ3v) is 1.86. The Hall–Kier alpha value is -1.92. The SMILES string of the molecule is O=C(Nc1ccccc1)C(O)[C@H](O)C(=O)O. The largest absolute Gasteiger partial charge is 0.479 e. The van der Waals surface area contributed by atoms with E-state index >= 15 is 0 Å². The van der Waals surface area contributed by atoms with Crippen molar-refractivity contribution in [3.05, 3.63) is 30.3 Å². The van der Waals surface area contributed by atoms with Crippen LogP contribution in [0.3, 0.4) is 0 Å². The van der Waals surface area contributed by atoms with E-state index in [2.05, 4.69) is 5.32 Å². The number of hydrogen-bond acceptors (Lipinski definition) is 4. The Kier molecular flexibility index (Phi) is 3.98. The molecule has 0 spiro atoms. The molecule has 1 aromatic carbocycles. The Morgan fingerprint density at radius 1 is 1.06 bits per heavy atom. The molecule has 1 unspecified atom stereocenters. The van der Waals surface area contributed by atoms with Crippen molar-refractivity contribution in [2.24, 2.45) is 0 Å². The molecule has 0 bridgehead atoms. The van der Waals surface area contributed by atoms with E-state index in [1.807, 2.05) is 0 Å². The number of carbonyl (C=O) groups excluding carboxylic acids is 1. The highest BCUT2D eigenvalue weighted by Crippen LogP contribution is 2.06. The van der Waals surface area contributed by atoms with E-state index in [-0.39, 0.29) is 0 Å². The van der Waals surface area contributed by atoms with Gasteiger partial charge in [-0.2, -0.15) is 0 Å². The van der Waals surface area contributed by atoms with E-state index in [0.717, 1.165) is 0 Å². The van der Waals surface area contributed by atoms with Gasteiger partial charge in [0.2, 0.25) is 0 Å². The first-order chi connectivity index (χ1) is 7.52. The van der Waals surface area contributed by atoms with Crippen LogP contribution in [0.25, 0.3) is 0 Å². The van der Waals surface area contributed by atoms with Crippen molar-refractivity contribution >= 4 is 17.6 Å². The summed E-state index contributed by atoms with van der Waals surface area (Å²) in [4.78, 5) is 21.6. The summed E-state index contributed by atoms with van der Waals surface area (Å²) in [5.74, 6) is -2.63. The highest BCUT2D eigenvalue weighted by Gasteiger charge is 2.29. The monoisotopic (exact) mass is 225 g/mol. The van der Waals surface area contributed by atoms with E-state index in [9.17, 15) is 14.7 Å². The van der Waals surface area contributed by atoms with Crippen LogP contribution < -0.4 is 5.32 Å². The van der Waals surface area contributed by atoms with E-state index in [0.29, 0.717) is 5.69 Å². The molecule has 1 rings (SSSR count). The lowest BCUT2D eigenvalue weighted by Crippen LogP contribution is -2.42.